The van der Waals surface area contributed by atoms with Crippen molar-refractivity contribution in [3.05, 3.63) is 95.1 Å². The number of aromatic nitrogens is 1. The van der Waals surface area contributed by atoms with E-state index in [0.29, 0.717) is 17.2 Å². The molecule has 6 rings (SSSR count). The van der Waals surface area contributed by atoms with Gasteiger partial charge in [0, 0.05) is 10.4 Å². The van der Waals surface area contributed by atoms with Gasteiger partial charge in [-0.05, 0) is 60.0 Å². The fourth-order valence-corrected chi connectivity index (χ4v) is 5.02. The number of imide groups is 1. The van der Waals surface area contributed by atoms with Crippen LogP contribution in [0.15, 0.2) is 93.3 Å². The average Bonchev–Trinajstić information content (AvgIpc) is 3.70. The van der Waals surface area contributed by atoms with Crippen molar-refractivity contribution in [2.75, 3.05) is 4.90 Å². The van der Waals surface area contributed by atoms with Crippen LogP contribution in [-0.2, 0) is 16.1 Å². The molecule has 1 unspecified atom stereocenters. The molecule has 178 valence electrons. The second-order valence-electron chi connectivity index (χ2n) is 8.31. The molecule has 0 N–H and O–H groups in total. The van der Waals surface area contributed by atoms with Crippen LogP contribution in [0, 0.1) is 0 Å². The molecular weight excluding hydrogens is 478 g/mol. The van der Waals surface area contributed by atoms with Crippen LogP contribution in [0.2, 0.25) is 0 Å². The molecule has 36 heavy (non-hydrogen) atoms. The summed E-state index contributed by atoms with van der Waals surface area (Å²) in [5, 5.41) is 1.90. The SMILES string of the molecule is O=C1CC(N(Cc2cccs2)C(=O)c2ccco2)C(=O)N1c1ccc(-c2nc3ccccc3o2)cc1. The normalized spacial score (nSPS) is 15.7. The smallest absolute Gasteiger partial charge is 0.290 e. The van der Waals surface area contributed by atoms with Crippen molar-refractivity contribution in [2.45, 2.75) is 19.0 Å². The van der Waals surface area contributed by atoms with Gasteiger partial charge in [0.15, 0.2) is 11.3 Å². The van der Waals surface area contributed by atoms with Crippen LogP contribution in [0.5, 0.6) is 0 Å². The lowest BCUT2D eigenvalue weighted by atomic mass is 10.1. The average molecular weight is 498 g/mol. The number of para-hydroxylation sites is 2. The van der Waals surface area contributed by atoms with Crippen molar-refractivity contribution in [1.82, 2.24) is 9.88 Å². The number of benzene rings is 2. The Labute approximate surface area is 209 Å². The molecule has 1 fully saturated rings. The molecule has 3 amide bonds. The molecule has 0 bridgehead atoms. The third-order valence-corrected chi connectivity index (χ3v) is 6.93. The van der Waals surface area contributed by atoms with E-state index in [1.165, 1.54) is 22.5 Å². The Hall–Kier alpha value is -4.50. The van der Waals surface area contributed by atoms with Crippen LogP contribution in [0.4, 0.5) is 5.69 Å². The zero-order chi connectivity index (χ0) is 24.6. The van der Waals surface area contributed by atoms with E-state index >= 15 is 0 Å². The summed E-state index contributed by atoms with van der Waals surface area (Å²) in [7, 11) is 0. The Kier molecular flexibility index (Phi) is 5.46. The molecule has 0 radical (unpaired) electrons. The topological polar surface area (TPSA) is 96.9 Å². The van der Waals surface area contributed by atoms with Crippen molar-refractivity contribution < 1.29 is 23.2 Å². The molecule has 0 saturated carbocycles. The van der Waals surface area contributed by atoms with Gasteiger partial charge >= 0.3 is 0 Å². The number of furan rings is 1. The molecule has 5 aromatic rings. The van der Waals surface area contributed by atoms with E-state index in [-0.39, 0.29) is 24.6 Å². The Bertz CT molecular complexity index is 1520. The third-order valence-electron chi connectivity index (χ3n) is 6.06. The molecule has 0 aliphatic carbocycles. The van der Waals surface area contributed by atoms with Crippen LogP contribution < -0.4 is 4.90 Å². The number of anilines is 1. The summed E-state index contributed by atoms with van der Waals surface area (Å²) in [4.78, 5) is 47.7. The van der Waals surface area contributed by atoms with Gasteiger partial charge < -0.3 is 13.7 Å². The van der Waals surface area contributed by atoms with Gasteiger partial charge in [0.1, 0.15) is 11.6 Å². The number of hydrogen-bond donors (Lipinski definition) is 0. The Morgan fingerprint density at radius 1 is 1.03 bits per heavy atom. The molecule has 2 aromatic carbocycles. The predicted molar refractivity (Wildman–Crippen MR) is 133 cm³/mol. The molecule has 8 nitrogen and oxygen atoms in total. The minimum absolute atomic E-state index is 0.108. The maximum Gasteiger partial charge on any atom is 0.290 e. The molecule has 1 aliphatic rings. The molecular formula is C27H19N3O5S. The maximum absolute atomic E-state index is 13.5. The molecule has 1 aliphatic heterocycles. The van der Waals surface area contributed by atoms with E-state index in [4.69, 9.17) is 8.83 Å². The first-order valence-electron chi connectivity index (χ1n) is 11.3. The largest absolute Gasteiger partial charge is 0.459 e. The number of hydrogen-bond acceptors (Lipinski definition) is 7. The molecule has 1 saturated heterocycles. The van der Waals surface area contributed by atoms with Gasteiger partial charge in [-0.15, -0.1) is 11.3 Å². The molecule has 1 atom stereocenters. The van der Waals surface area contributed by atoms with E-state index in [0.717, 1.165) is 20.9 Å². The van der Waals surface area contributed by atoms with Gasteiger partial charge in [0.05, 0.1) is 24.9 Å². The number of amides is 3. The van der Waals surface area contributed by atoms with Crippen LogP contribution in [0.1, 0.15) is 21.9 Å². The number of rotatable bonds is 6. The van der Waals surface area contributed by atoms with Crippen molar-refractivity contribution in [3.8, 4) is 11.5 Å². The van der Waals surface area contributed by atoms with Crippen LogP contribution >= 0.6 is 11.3 Å². The fraction of sp³-hybridized carbons (Fsp3) is 0.111. The lowest BCUT2D eigenvalue weighted by Gasteiger charge is -2.26. The lowest BCUT2D eigenvalue weighted by Crippen LogP contribution is -2.44. The van der Waals surface area contributed by atoms with Gasteiger partial charge in [-0.25, -0.2) is 9.88 Å². The zero-order valence-electron chi connectivity index (χ0n) is 18.9. The summed E-state index contributed by atoms with van der Waals surface area (Å²) in [6.07, 6.45) is 1.30. The van der Waals surface area contributed by atoms with E-state index in [9.17, 15) is 14.4 Å². The number of thiophene rings is 1. The monoisotopic (exact) mass is 497 g/mol. The Morgan fingerprint density at radius 3 is 2.58 bits per heavy atom. The van der Waals surface area contributed by atoms with Crippen molar-refractivity contribution in [2.24, 2.45) is 0 Å². The number of oxazole rings is 1. The summed E-state index contributed by atoms with van der Waals surface area (Å²) in [6.45, 7) is 0.200. The number of carbonyl (C=O) groups is 3. The van der Waals surface area contributed by atoms with E-state index < -0.39 is 17.9 Å². The van der Waals surface area contributed by atoms with Gasteiger partial charge in [0.25, 0.3) is 11.8 Å². The minimum atomic E-state index is -0.936. The summed E-state index contributed by atoms with van der Waals surface area (Å²) in [6, 6.07) is 20.3. The Morgan fingerprint density at radius 2 is 1.86 bits per heavy atom. The van der Waals surface area contributed by atoms with Crippen molar-refractivity contribution in [1.29, 1.82) is 0 Å². The highest BCUT2D eigenvalue weighted by molar-refractivity contribution is 7.09. The van der Waals surface area contributed by atoms with Gasteiger partial charge in [-0.2, -0.15) is 0 Å². The highest BCUT2D eigenvalue weighted by Crippen LogP contribution is 2.31. The molecule has 9 heteroatoms. The van der Waals surface area contributed by atoms with Gasteiger partial charge in [-0.3, -0.25) is 14.4 Å². The summed E-state index contributed by atoms with van der Waals surface area (Å²) >= 11 is 1.48. The van der Waals surface area contributed by atoms with Crippen LogP contribution in [0.25, 0.3) is 22.6 Å². The summed E-state index contributed by atoms with van der Waals surface area (Å²) in [5.74, 6) is -0.694. The lowest BCUT2D eigenvalue weighted by molar-refractivity contribution is -0.122. The second-order valence-corrected chi connectivity index (χ2v) is 9.34. The highest BCUT2D eigenvalue weighted by atomic mass is 32.1. The van der Waals surface area contributed by atoms with Gasteiger partial charge in [0.2, 0.25) is 11.8 Å². The van der Waals surface area contributed by atoms with Gasteiger partial charge in [-0.1, -0.05) is 18.2 Å². The number of nitrogens with zero attached hydrogens (tertiary/aromatic N) is 3. The van der Waals surface area contributed by atoms with Crippen molar-refractivity contribution >= 4 is 45.8 Å². The van der Waals surface area contributed by atoms with E-state index in [1.807, 2.05) is 41.8 Å². The van der Waals surface area contributed by atoms with Crippen molar-refractivity contribution in [3.63, 3.8) is 0 Å². The first kappa shape index (κ1) is 22.0. The standard InChI is InChI=1S/C27H19N3O5S/c31-24-15-21(29(16-19-5-4-14-36-19)27(33)23-8-3-13-34-23)26(32)30(24)18-11-9-17(10-12-18)25-28-20-6-1-2-7-22(20)35-25/h1-14,21H,15-16H2. The Balaban J connectivity index is 1.27. The zero-order valence-corrected chi connectivity index (χ0v) is 19.7. The van der Waals surface area contributed by atoms with Crippen LogP contribution in [-0.4, -0.2) is 33.6 Å². The highest BCUT2D eigenvalue weighted by Gasteiger charge is 2.45. The number of carbonyl (C=O) groups excluding carboxylic acids is 3. The third kappa shape index (κ3) is 3.89. The second kappa shape index (κ2) is 8.94. The quantitative estimate of drug-likeness (QED) is 0.302. The fourth-order valence-electron chi connectivity index (χ4n) is 4.32. The molecule has 4 heterocycles. The van der Waals surface area contributed by atoms with E-state index in [2.05, 4.69) is 4.98 Å². The first-order valence-corrected chi connectivity index (χ1v) is 12.2. The summed E-state index contributed by atoms with van der Waals surface area (Å²) < 4.78 is 11.1. The minimum Gasteiger partial charge on any atom is -0.459 e. The molecule has 0 spiro atoms. The maximum atomic E-state index is 13.5. The molecule has 3 aromatic heterocycles. The van der Waals surface area contributed by atoms with E-state index in [1.54, 1.807) is 36.4 Å². The van der Waals surface area contributed by atoms with Crippen LogP contribution in [0.3, 0.4) is 0 Å². The first-order chi connectivity index (χ1) is 17.6. The number of fused-ring (bicyclic) bond motifs is 1. The summed E-state index contributed by atoms with van der Waals surface area (Å²) in [5.41, 5.74) is 2.57. The predicted octanol–water partition coefficient (Wildman–Crippen LogP) is 5.12.